The molecule has 2 aromatic rings. The van der Waals surface area contributed by atoms with E-state index in [4.69, 9.17) is 9.15 Å². The minimum absolute atomic E-state index is 0.0515. The fourth-order valence-corrected chi connectivity index (χ4v) is 2.15. The third kappa shape index (κ3) is 4.65. The van der Waals surface area contributed by atoms with Gasteiger partial charge >= 0.3 is 0 Å². The third-order valence-corrected chi connectivity index (χ3v) is 3.15. The Morgan fingerprint density at radius 2 is 2.00 bits per heavy atom. The maximum atomic E-state index is 5.79. The monoisotopic (exact) mass is 289 g/mol. The Hall–Kier alpha value is -1.72. The minimum atomic E-state index is -0.0515. The van der Waals surface area contributed by atoms with Crippen molar-refractivity contribution in [2.75, 3.05) is 19.8 Å². The highest BCUT2D eigenvalue weighted by molar-refractivity contribution is 5.23. The van der Waals surface area contributed by atoms with Crippen LogP contribution in [0, 0.1) is 0 Å². The maximum absolute atomic E-state index is 5.79. The normalized spacial score (nSPS) is 12.5. The van der Waals surface area contributed by atoms with Crippen molar-refractivity contribution >= 4 is 0 Å². The number of ether oxygens (including phenoxy) is 1. The first-order valence-corrected chi connectivity index (χ1v) is 7.53. The van der Waals surface area contributed by atoms with Gasteiger partial charge in [0.05, 0.1) is 0 Å². The highest BCUT2D eigenvalue weighted by Gasteiger charge is 2.19. The molecule has 1 unspecified atom stereocenters. The number of nitrogens with one attached hydrogen (secondary N) is 1. The van der Waals surface area contributed by atoms with Gasteiger partial charge in [-0.1, -0.05) is 37.3 Å². The van der Waals surface area contributed by atoms with Crippen LogP contribution in [0.3, 0.4) is 0 Å². The molecule has 0 spiro atoms. The van der Waals surface area contributed by atoms with Gasteiger partial charge < -0.3 is 14.5 Å². The largest absolute Gasteiger partial charge is 0.423 e. The Balaban J connectivity index is 2.02. The molecule has 5 heteroatoms. The van der Waals surface area contributed by atoms with Gasteiger partial charge in [-0.15, -0.1) is 10.2 Å². The number of aryl methyl sites for hydroxylation is 1. The van der Waals surface area contributed by atoms with E-state index in [-0.39, 0.29) is 6.04 Å². The fraction of sp³-hybridized carbons (Fsp3) is 0.500. The minimum Gasteiger partial charge on any atom is -0.423 e. The lowest BCUT2D eigenvalue weighted by Crippen LogP contribution is -2.22. The highest BCUT2D eigenvalue weighted by atomic mass is 16.5. The lowest BCUT2D eigenvalue weighted by atomic mass is 10.1. The van der Waals surface area contributed by atoms with Crippen molar-refractivity contribution in [3.8, 4) is 0 Å². The molecule has 0 radical (unpaired) electrons. The van der Waals surface area contributed by atoms with Gasteiger partial charge in [0.25, 0.3) is 0 Å². The van der Waals surface area contributed by atoms with E-state index in [1.54, 1.807) is 0 Å². The summed E-state index contributed by atoms with van der Waals surface area (Å²) in [4.78, 5) is 0. The van der Waals surface area contributed by atoms with Gasteiger partial charge in [0.15, 0.2) is 0 Å². The summed E-state index contributed by atoms with van der Waals surface area (Å²) < 4.78 is 11.1. The molecule has 2 rings (SSSR count). The summed E-state index contributed by atoms with van der Waals surface area (Å²) in [6.07, 6.45) is 1.65. The molecule has 0 saturated carbocycles. The number of hydrogen-bond donors (Lipinski definition) is 1. The quantitative estimate of drug-likeness (QED) is 0.719. The van der Waals surface area contributed by atoms with Crippen LogP contribution in [0.5, 0.6) is 0 Å². The van der Waals surface area contributed by atoms with E-state index in [0.29, 0.717) is 11.8 Å². The van der Waals surface area contributed by atoms with Crippen LogP contribution in [0.1, 0.15) is 43.7 Å². The number of nitrogens with zero attached hydrogens (tertiary/aromatic N) is 2. The van der Waals surface area contributed by atoms with Gasteiger partial charge in [-0.3, -0.25) is 0 Å². The summed E-state index contributed by atoms with van der Waals surface area (Å²) in [7, 11) is 0. The predicted octanol–water partition coefficient (Wildman–Crippen LogP) is 2.74. The molecule has 0 aliphatic heterocycles. The Labute approximate surface area is 125 Å². The average Bonchev–Trinajstić information content (AvgIpc) is 2.98. The molecule has 1 aromatic heterocycles. The molecule has 1 N–H and O–H groups in total. The second-order valence-electron chi connectivity index (χ2n) is 4.74. The van der Waals surface area contributed by atoms with Crippen molar-refractivity contribution in [2.45, 2.75) is 32.7 Å². The number of aromatic nitrogens is 2. The molecule has 0 saturated heterocycles. The van der Waals surface area contributed by atoms with E-state index in [2.05, 4.69) is 34.6 Å². The van der Waals surface area contributed by atoms with Crippen LogP contribution < -0.4 is 5.32 Å². The molecule has 1 aromatic carbocycles. The maximum Gasteiger partial charge on any atom is 0.237 e. The van der Waals surface area contributed by atoms with E-state index in [1.165, 1.54) is 0 Å². The Bertz CT molecular complexity index is 513. The summed E-state index contributed by atoms with van der Waals surface area (Å²) in [6.45, 7) is 6.36. The van der Waals surface area contributed by atoms with Crippen LogP contribution in [0.25, 0.3) is 0 Å². The van der Waals surface area contributed by atoms with Crippen molar-refractivity contribution in [1.82, 2.24) is 15.5 Å². The standard InChI is InChI=1S/C16H23N3O2/c1-3-17-15(13-9-6-5-7-10-13)16-19-18-14(21-16)11-8-12-20-4-2/h5-7,9-10,15,17H,3-4,8,11-12H2,1-2H3. The molecule has 0 fully saturated rings. The number of benzene rings is 1. The molecular weight excluding hydrogens is 266 g/mol. The second kappa shape index (κ2) is 8.54. The van der Waals surface area contributed by atoms with Crippen LogP contribution in [-0.2, 0) is 11.2 Å². The van der Waals surface area contributed by atoms with Crippen molar-refractivity contribution in [3.05, 3.63) is 47.7 Å². The van der Waals surface area contributed by atoms with Crippen molar-refractivity contribution < 1.29 is 9.15 Å². The van der Waals surface area contributed by atoms with Gasteiger partial charge in [-0.25, -0.2) is 0 Å². The molecule has 114 valence electrons. The zero-order chi connectivity index (χ0) is 14.9. The smallest absolute Gasteiger partial charge is 0.237 e. The van der Waals surface area contributed by atoms with Gasteiger partial charge in [-0.05, 0) is 25.5 Å². The first kappa shape index (κ1) is 15.7. The lowest BCUT2D eigenvalue weighted by Gasteiger charge is -2.13. The van der Waals surface area contributed by atoms with Gasteiger partial charge in [0.1, 0.15) is 6.04 Å². The van der Waals surface area contributed by atoms with Crippen LogP contribution in [0.2, 0.25) is 0 Å². The first-order valence-electron chi connectivity index (χ1n) is 7.53. The third-order valence-electron chi connectivity index (χ3n) is 3.15. The predicted molar refractivity (Wildman–Crippen MR) is 81.1 cm³/mol. The summed E-state index contributed by atoms with van der Waals surface area (Å²) in [5, 5.41) is 11.7. The summed E-state index contributed by atoms with van der Waals surface area (Å²) >= 11 is 0. The number of rotatable bonds is 9. The Morgan fingerprint density at radius 3 is 2.71 bits per heavy atom. The van der Waals surface area contributed by atoms with Crippen molar-refractivity contribution in [2.24, 2.45) is 0 Å². The molecule has 0 aliphatic rings. The zero-order valence-electron chi connectivity index (χ0n) is 12.7. The van der Waals surface area contributed by atoms with E-state index < -0.39 is 0 Å². The Kier molecular flexibility index (Phi) is 6.37. The summed E-state index contributed by atoms with van der Waals surface area (Å²) in [6, 6.07) is 10.1. The average molecular weight is 289 g/mol. The lowest BCUT2D eigenvalue weighted by molar-refractivity contribution is 0.143. The number of hydrogen-bond acceptors (Lipinski definition) is 5. The van der Waals surface area contributed by atoms with E-state index in [0.717, 1.165) is 38.2 Å². The summed E-state index contributed by atoms with van der Waals surface area (Å²) in [5.74, 6) is 1.29. The fourth-order valence-electron chi connectivity index (χ4n) is 2.15. The molecule has 1 atom stereocenters. The zero-order valence-corrected chi connectivity index (χ0v) is 12.7. The molecule has 0 aliphatic carbocycles. The molecule has 0 bridgehead atoms. The highest BCUT2D eigenvalue weighted by Crippen LogP contribution is 2.21. The van der Waals surface area contributed by atoms with E-state index >= 15 is 0 Å². The van der Waals surface area contributed by atoms with Crippen molar-refractivity contribution in [1.29, 1.82) is 0 Å². The topological polar surface area (TPSA) is 60.2 Å². The van der Waals surface area contributed by atoms with Crippen LogP contribution in [0.4, 0.5) is 0 Å². The first-order chi connectivity index (χ1) is 10.3. The molecule has 0 amide bonds. The summed E-state index contributed by atoms with van der Waals surface area (Å²) in [5.41, 5.74) is 1.13. The van der Waals surface area contributed by atoms with Crippen LogP contribution in [0.15, 0.2) is 34.7 Å². The van der Waals surface area contributed by atoms with Crippen molar-refractivity contribution in [3.63, 3.8) is 0 Å². The molecule has 5 nitrogen and oxygen atoms in total. The van der Waals surface area contributed by atoms with E-state index in [9.17, 15) is 0 Å². The molecule has 1 heterocycles. The van der Waals surface area contributed by atoms with Gasteiger partial charge in [0, 0.05) is 19.6 Å². The van der Waals surface area contributed by atoms with Gasteiger partial charge in [0.2, 0.25) is 11.8 Å². The SMILES string of the molecule is CCNC(c1ccccc1)c1nnc(CCCOCC)o1. The Morgan fingerprint density at radius 1 is 1.19 bits per heavy atom. The second-order valence-corrected chi connectivity index (χ2v) is 4.74. The van der Waals surface area contributed by atoms with E-state index in [1.807, 2.05) is 25.1 Å². The van der Waals surface area contributed by atoms with Crippen LogP contribution >= 0.6 is 0 Å². The molecular formula is C16H23N3O2. The molecule has 21 heavy (non-hydrogen) atoms. The van der Waals surface area contributed by atoms with Crippen LogP contribution in [-0.4, -0.2) is 30.0 Å². The van der Waals surface area contributed by atoms with Gasteiger partial charge in [-0.2, -0.15) is 0 Å².